The van der Waals surface area contributed by atoms with Crippen molar-refractivity contribution in [1.82, 2.24) is 3.80 Å². The number of nitrogens with one attached hydrogen (secondary N) is 1. The third kappa shape index (κ3) is 4.47. The summed E-state index contributed by atoms with van der Waals surface area (Å²) in [6, 6.07) is 0. The molecule has 1 nitrogen and oxygen atoms in total. The van der Waals surface area contributed by atoms with Crippen LogP contribution in [0.5, 0.6) is 0 Å². The third-order valence-corrected chi connectivity index (χ3v) is 11.2. The molecule has 1 aliphatic carbocycles. The molecule has 0 aromatic rings. The quantitative estimate of drug-likeness (QED) is 0.681. The molecule has 0 fully saturated rings. The molecule has 0 heterocycles. The van der Waals surface area contributed by atoms with E-state index in [1.165, 1.54) is 0 Å². The average Bonchev–Trinajstić information content (AvgIpc) is 2.39. The normalized spacial score (nSPS) is 22.9. The number of halogens is 2. The van der Waals surface area contributed by atoms with Crippen LogP contribution in [0, 0.1) is 0 Å². The van der Waals surface area contributed by atoms with Crippen molar-refractivity contribution in [2.24, 2.45) is 0 Å². The summed E-state index contributed by atoms with van der Waals surface area (Å²) in [7, 11) is -0.741. The molecular weight excluding hydrogens is 341 g/mol. The minimum atomic E-state index is -0.741. The Bertz CT molecular complexity index is 411. The van der Waals surface area contributed by atoms with Gasteiger partial charge >= 0.3 is 125 Å². The van der Waals surface area contributed by atoms with E-state index < -0.39 is 8.80 Å². The van der Waals surface area contributed by atoms with E-state index in [2.05, 4.69) is 65.4 Å². The van der Waals surface area contributed by atoms with Gasteiger partial charge in [-0.1, -0.05) is 0 Å². The van der Waals surface area contributed by atoms with Crippen molar-refractivity contribution in [2.75, 3.05) is 0 Å². The van der Waals surface area contributed by atoms with E-state index in [-0.39, 0.29) is 49.8 Å². The molecule has 20 heavy (non-hydrogen) atoms. The molecule has 5 heteroatoms. The SMILES string of the molecule is CC1=C(C)C(C)([SiH](C)C)[C]([Ti][NH]C(C)(C)C)=C1C.Cl.Cl. The van der Waals surface area contributed by atoms with Crippen molar-refractivity contribution >= 4 is 33.6 Å². The summed E-state index contributed by atoms with van der Waals surface area (Å²) >= 11 is -0.213. The van der Waals surface area contributed by atoms with Crippen molar-refractivity contribution in [2.45, 2.75) is 72.1 Å². The van der Waals surface area contributed by atoms with Gasteiger partial charge in [0.05, 0.1) is 0 Å². The van der Waals surface area contributed by atoms with E-state index in [4.69, 9.17) is 0 Å². The Morgan fingerprint density at radius 1 is 1.00 bits per heavy atom. The van der Waals surface area contributed by atoms with E-state index in [1.54, 1.807) is 20.6 Å². The van der Waals surface area contributed by atoms with Crippen molar-refractivity contribution in [3.05, 3.63) is 20.6 Å². The molecular formula is C15H31Cl2NSiTi. The predicted octanol–water partition coefficient (Wildman–Crippen LogP) is 5.09. The molecule has 1 aliphatic rings. The van der Waals surface area contributed by atoms with Gasteiger partial charge in [-0.3, -0.25) is 0 Å². The fourth-order valence-corrected chi connectivity index (χ4v) is 8.22. The molecule has 0 radical (unpaired) electrons. The largest absolute Gasteiger partial charge is 0.147 e. The zero-order valence-corrected chi connectivity index (χ0v) is 18.7. The molecule has 1 N–H and O–H groups in total. The molecule has 1 rings (SSSR count). The number of allylic oxidation sites excluding steroid dienone is 4. The van der Waals surface area contributed by atoms with Gasteiger partial charge in [0.1, 0.15) is 0 Å². The van der Waals surface area contributed by atoms with Gasteiger partial charge in [-0.05, 0) is 0 Å². The van der Waals surface area contributed by atoms with Crippen LogP contribution in [-0.2, 0) is 19.4 Å². The van der Waals surface area contributed by atoms with Crippen LogP contribution in [0.1, 0.15) is 48.5 Å². The Balaban J connectivity index is 0. The van der Waals surface area contributed by atoms with Gasteiger partial charge in [-0.2, -0.15) is 0 Å². The molecule has 0 saturated heterocycles. The first-order valence-electron chi connectivity index (χ1n) is 6.94. The Morgan fingerprint density at radius 2 is 1.45 bits per heavy atom. The summed E-state index contributed by atoms with van der Waals surface area (Å²) < 4.78 is 5.58. The first-order chi connectivity index (χ1) is 8.01. The Hall–Kier alpha value is 0.951. The fraction of sp³-hybridized carbons (Fsp3) is 0.733. The van der Waals surface area contributed by atoms with E-state index in [0.717, 1.165) is 0 Å². The van der Waals surface area contributed by atoms with Crippen molar-refractivity contribution < 1.29 is 19.4 Å². The van der Waals surface area contributed by atoms with E-state index in [1.807, 2.05) is 0 Å². The summed E-state index contributed by atoms with van der Waals surface area (Å²) in [6.45, 7) is 21.3. The topological polar surface area (TPSA) is 12.0 Å². The molecule has 0 aromatic heterocycles. The van der Waals surface area contributed by atoms with Crippen molar-refractivity contribution in [1.29, 1.82) is 0 Å². The standard InChI is InChI=1S/C11H19Si.C4H10N.2ClH.Ti/c1-8-7-11(4,12(5)6)10(3)9(8)2;1-4(2,3)5;;;/h12H,1-6H3;5H,1-3H3;2*1H;/q;-1;;;+1. The predicted molar refractivity (Wildman–Crippen MR) is 95.7 cm³/mol. The smallest absolute Gasteiger partial charge is 0.147 e. The molecule has 1 atom stereocenters. The van der Waals surface area contributed by atoms with E-state index in [9.17, 15) is 0 Å². The summed E-state index contributed by atoms with van der Waals surface area (Å²) in [5, 5.41) is 0.423. The summed E-state index contributed by atoms with van der Waals surface area (Å²) in [6.07, 6.45) is 0. The van der Waals surface area contributed by atoms with Crippen LogP contribution in [0.25, 0.3) is 0 Å². The number of rotatable bonds is 3. The maximum atomic E-state index is 3.81. The maximum absolute atomic E-state index is 3.81. The van der Waals surface area contributed by atoms with Crippen LogP contribution >= 0.6 is 24.8 Å². The van der Waals surface area contributed by atoms with Gasteiger partial charge in [0, 0.05) is 0 Å². The molecule has 0 spiro atoms. The Labute approximate surface area is 149 Å². The summed E-state index contributed by atoms with van der Waals surface area (Å²) in [5.74, 6) is 0. The Morgan fingerprint density at radius 3 is 1.80 bits per heavy atom. The molecule has 0 bridgehead atoms. The van der Waals surface area contributed by atoms with Gasteiger partial charge in [-0.25, -0.2) is 0 Å². The first-order valence-corrected chi connectivity index (χ1v) is 11.4. The van der Waals surface area contributed by atoms with E-state index >= 15 is 0 Å². The van der Waals surface area contributed by atoms with Crippen LogP contribution in [0.3, 0.4) is 0 Å². The van der Waals surface area contributed by atoms with Gasteiger partial charge < -0.3 is 0 Å². The number of hydrogen-bond acceptors (Lipinski definition) is 1. The van der Waals surface area contributed by atoms with Crippen LogP contribution in [0.15, 0.2) is 20.6 Å². The molecule has 0 aromatic carbocycles. The average molecular weight is 372 g/mol. The second-order valence-electron chi connectivity index (χ2n) is 7.11. The molecule has 0 amide bonds. The zero-order chi connectivity index (χ0) is 14.3. The van der Waals surface area contributed by atoms with Crippen LogP contribution in [0.2, 0.25) is 18.1 Å². The monoisotopic (exact) mass is 371 g/mol. The molecule has 0 saturated carbocycles. The van der Waals surface area contributed by atoms with Gasteiger partial charge in [0.25, 0.3) is 0 Å². The Kier molecular flexibility index (Phi) is 9.27. The maximum Gasteiger partial charge on any atom is -0.147 e. The minimum Gasteiger partial charge on any atom is -0.147 e. The summed E-state index contributed by atoms with van der Waals surface area (Å²) in [4.78, 5) is 0. The molecule has 118 valence electrons. The van der Waals surface area contributed by atoms with Crippen LogP contribution in [-0.4, -0.2) is 14.3 Å². The van der Waals surface area contributed by atoms with Crippen LogP contribution in [0.4, 0.5) is 0 Å². The van der Waals surface area contributed by atoms with Crippen LogP contribution < -0.4 is 3.80 Å². The van der Waals surface area contributed by atoms with E-state index in [0.29, 0.717) is 5.04 Å². The van der Waals surface area contributed by atoms with Gasteiger partial charge in [-0.15, -0.1) is 24.8 Å². The minimum absolute atomic E-state index is 0. The zero-order valence-electron chi connectivity index (χ0n) is 14.4. The third-order valence-electron chi connectivity index (χ3n) is 4.52. The van der Waals surface area contributed by atoms with Gasteiger partial charge in [0.2, 0.25) is 0 Å². The van der Waals surface area contributed by atoms with Gasteiger partial charge in [0.15, 0.2) is 0 Å². The summed E-state index contributed by atoms with van der Waals surface area (Å²) in [5.41, 5.74) is 5.05. The number of hydrogen-bond donors (Lipinski definition) is 1. The second kappa shape index (κ2) is 7.99. The molecule has 1 unspecified atom stereocenters. The first kappa shape index (κ1) is 23.2. The van der Waals surface area contributed by atoms with Crippen molar-refractivity contribution in [3.63, 3.8) is 0 Å². The molecule has 0 aliphatic heterocycles. The second-order valence-corrected chi connectivity index (χ2v) is 12.1. The fourth-order valence-electron chi connectivity index (χ4n) is 2.63. The van der Waals surface area contributed by atoms with Crippen molar-refractivity contribution in [3.8, 4) is 0 Å².